The van der Waals surface area contributed by atoms with E-state index in [0.717, 1.165) is 17.7 Å². The van der Waals surface area contributed by atoms with Crippen LogP contribution in [0.5, 0.6) is 5.75 Å². The summed E-state index contributed by atoms with van der Waals surface area (Å²) in [5, 5.41) is 0.622. The maximum absolute atomic E-state index is 12.8. The summed E-state index contributed by atoms with van der Waals surface area (Å²) in [6.07, 6.45) is 2.76. The van der Waals surface area contributed by atoms with Crippen molar-refractivity contribution in [1.29, 1.82) is 0 Å². The minimum absolute atomic E-state index is 0.0539. The van der Waals surface area contributed by atoms with Gasteiger partial charge in [-0.15, -0.1) is 0 Å². The molecule has 2 aliphatic heterocycles. The number of benzene rings is 2. The SMILES string of the molecule is CCc1ccc(N=C2SC(=Cc3ccccc3OCC(=O)N3CCOCC3)C(=O)N2C)cc1. The molecule has 2 aromatic carbocycles. The number of amides is 2. The summed E-state index contributed by atoms with van der Waals surface area (Å²) in [6.45, 7) is 4.31. The van der Waals surface area contributed by atoms with Crippen LogP contribution >= 0.6 is 11.8 Å². The number of ether oxygens (including phenoxy) is 2. The van der Waals surface area contributed by atoms with Crippen molar-refractivity contribution in [3.8, 4) is 5.75 Å². The van der Waals surface area contributed by atoms with E-state index in [0.29, 0.717) is 42.1 Å². The van der Waals surface area contributed by atoms with Gasteiger partial charge >= 0.3 is 0 Å². The average Bonchev–Trinajstić information content (AvgIpc) is 3.12. The van der Waals surface area contributed by atoms with Crippen molar-refractivity contribution >= 4 is 40.5 Å². The minimum Gasteiger partial charge on any atom is -0.483 e. The average molecular weight is 466 g/mol. The van der Waals surface area contributed by atoms with Crippen molar-refractivity contribution < 1.29 is 19.1 Å². The summed E-state index contributed by atoms with van der Waals surface area (Å²) in [4.78, 5) is 33.8. The molecule has 0 saturated carbocycles. The maximum atomic E-state index is 12.8. The normalized spacial score (nSPS) is 18.9. The molecule has 0 radical (unpaired) electrons. The van der Waals surface area contributed by atoms with E-state index >= 15 is 0 Å². The largest absolute Gasteiger partial charge is 0.483 e. The lowest BCUT2D eigenvalue weighted by Gasteiger charge is -2.26. The summed E-state index contributed by atoms with van der Waals surface area (Å²) in [7, 11) is 1.72. The molecule has 33 heavy (non-hydrogen) atoms. The first kappa shape index (κ1) is 23.1. The fourth-order valence-electron chi connectivity index (χ4n) is 3.48. The Labute approximate surface area is 198 Å². The van der Waals surface area contributed by atoms with Gasteiger partial charge in [0.25, 0.3) is 11.8 Å². The lowest BCUT2D eigenvalue weighted by Crippen LogP contribution is -2.43. The first-order valence-electron chi connectivity index (χ1n) is 11.0. The number of carbonyl (C=O) groups excluding carboxylic acids is 2. The Bertz CT molecular complexity index is 1080. The third kappa shape index (κ3) is 5.64. The summed E-state index contributed by atoms with van der Waals surface area (Å²) < 4.78 is 11.1. The molecule has 2 amide bonds. The Balaban J connectivity index is 1.48. The van der Waals surface area contributed by atoms with Crippen LogP contribution in [0.4, 0.5) is 5.69 Å². The molecule has 0 aliphatic carbocycles. The number of rotatable bonds is 6. The molecular weight excluding hydrogens is 438 g/mol. The van der Waals surface area contributed by atoms with E-state index in [4.69, 9.17) is 9.47 Å². The van der Waals surface area contributed by atoms with E-state index in [1.807, 2.05) is 42.5 Å². The number of likely N-dealkylation sites (N-methyl/N-ethyl adjacent to an activating group) is 1. The van der Waals surface area contributed by atoms with E-state index in [-0.39, 0.29) is 18.4 Å². The van der Waals surface area contributed by atoms with Gasteiger partial charge in [0.1, 0.15) is 5.75 Å². The highest BCUT2D eigenvalue weighted by atomic mass is 32.2. The fraction of sp³-hybridized carbons (Fsp3) is 0.320. The van der Waals surface area contributed by atoms with Crippen molar-refractivity contribution in [2.75, 3.05) is 40.0 Å². The number of nitrogens with zero attached hydrogens (tertiary/aromatic N) is 3. The zero-order valence-electron chi connectivity index (χ0n) is 18.8. The smallest absolute Gasteiger partial charge is 0.266 e. The van der Waals surface area contributed by atoms with Crippen LogP contribution in [0.2, 0.25) is 0 Å². The topological polar surface area (TPSA) is 71.4 Å². The molecular formula is C25H27N3O4S. The van der Waals surface area contributed by atoms with Gasteiger partial charge in [-0.25, -0.2) is 4.99 Å². The lowest BCUT2D eigenvalue weighted by molar-refractivity contribution is -0.137. The van der Waals surface area contributed by atoms with Crippen LogP contribution in [0.3, 0.4) is 0 Å². The van der Waals surface area contributed by atoms with Gasteiger partial charge in [-0.2, -0.15) is 0 Å². The van der Waals surface area contributed by atoms with Crippen LogP contribution in [0.25, 0.3) is 6.08 Å². The van der Waals surface area contributed by atoms with E-state index < -0.39 is 0 Å². The van der Waals surface area contributed by atoms with Gasteiger partial charge in [0.05, 0.1) is 23.8 Å². The van der Waals surface area contributed by atoms with Crippen LogP contribution in [-0.4, -0.2) is 66.7 Å². The third-order valence-corrected chi connectivity index (χ3v) is 6.55. The minimum atomic E-state index is -0.122. The zero-order valence-corrected chi connectivity index (χ0v) is 19.6. The van der Waals surface area contributed by atoms with Gasteiger partial charge in [0.2, 0.25) is 0 Å². The molecule has 2 fully saturated rings. The molecule has 2 aromatic rings. The number of amidine groups is 1. The van der Waals surface area contributed by atoms with Crippen LogP contribution in [0.15, 0.2) is 58.4 Å². The van der Waals surface area contributed by atoms with Crippen LogP contribution in [0.1, 0.15) is 18.1 Å². The van der Waals surface area contributed by atoms with Gasteiger partial charge in [0.15, 0.2) is 11.8 Å². The van der Waals surface area contributed by atoms with Gasteiger partial charge in [-0.3, -0.25) is 14.5 Å². The molecule has 172 valence electrons. The van der Waals surface area contributed by atoms with Gasteiger partial charge in [0, 0.05) is 25.7 Å². The first-order valence-corrected chi connectivity index (χ1v) is 11.8. The summed E-state index contributed by atoms with van der Waals surface area (Å²) in [5.41, 5.74) is 2.79. The molecule has 2 saturated heterocycles. The number of morpholine rings is 1. The predicted octanol–water partition coefficient (Wildman–Crippen LogP) is 3.72. The molecule has 0 aromatic heterocycles. The second-order valence-electron chi connectivity index (χ2n) is 7.71. The second kappa shape index (κ2) is 10.7. The van der Waals surface area contributed by atoms with Crippen LogP contribution < -0.4 is 4.74 Å². The van der Waals surface area contributed by atoms with E-state index in [2.05, 4.69) is 11.9 Å². The number of carbonyl (C=O) groups is 2. The lowest BCUT2D eigenvalue weighted by atomic mass is 10.2. The monoisotopic (exact) mass is 465 g/mol. The van der Waals surface area contributed by atoms with Crippen LogP contribution in [-0.2, 0) is 20.7 Å². The first-order chi connectivity index (χ1) is 16.0. The maximum Gasteiger partial charge on any atom is 0.266 e. The highest BCUT2D eigenvalue weighted by Crippen LogP contribution is 2.34. The predicted molar refractivity (Wildman–Crippen MR) is 131 cm³/mol. The molecule has 0 bridgehead atoms. The molecule has 0 atom stereocenters. The highest BCUT2D eigenvalue weighted by Gasteiger charge is 2.30. The molecule has 7 nitrogen and oxygen atoms in total. The zero-order chi connectivity index (χ0) is 23.2. The van der Waals surface area contributed by atoms with Gasteiger partial charge in [-0.05, 0) is 48.0 Å². The van der Waals surface area contributed by atoms with E-state index in [9.17, 15) is 9.59 Å². The standard InChI is InChI=1S/C25H27N3O4S/c1-3-18-8-10-20(11-9-18)26-25-27(2)24(30)22(33-25)16-19-6-4-5-7-21(19)32-17-23(29)28-12-14-31-15-13-28/h4-11,16H,3,12-15,17H2,1-2H3. The van der Waals surface area contributed by atoms with Gasteiger partial charge < -0.3 is 14.4 Å². The molecule has 8 heteroatoms. The molecule has 0 unspecified atom stereocenters. The number of hydrogen-bond donors (Lipinski definition) is 0. The number of para-hydroxylation sites is 1. The van der Waals surface area contributed by atoms with E-state index in [1.54, 1.807) is 29.0 Å². The fourth-order valence-corrected chi connectivity index (χ4v) is 4.46. The summed E-state index contributed by atoms with van der Waals surface area (Å²) in [5.74, 6) is 0.363. The van der Waals surface area contributed by atoms with Gasteiger partial charge in [-0.1, -0.05) is 37.3 Å². The van der Waals surface area contributed by atoms with Crippen molar-refractivity contribution in [3.63, 3.8) is 0 Å². The molecule has 2 aliphatic rings. The summed E-state index contributed by atoms with van der Waals surface area (Å²) in [6, 6.07) is 15.4. The summed E-state index contributed by atoms with van der Waals surface area (Å²) >= 11 is 1.33. The molecule has 0 N–H and O–H groups in total. The Morgan fingerprint density at radius 1 is 1.15 bits per heavy atom. The number of aryl methyl sites for hydroxylation is 1. The Morgan fingerprint density at radius 2 is 1.88 bits per heavy atom. The quantitative estimate of drug-likeness (QED) is 0.608. The molecule has 0 spiro atoms. The Hall–Kier alpha value is -3.10. The molecule has 4 rings (SSSR count). The Morgan fingerprint density at radius 3 is 2.61 bits per heavy atom. The molecule has 2 heterocycles. The van der Waals surface area contributed by atoms with Crippen LogP contribution in [0, 0.1) is 0 Å². The second-order valence-corrected chi connectivity index (χ2v) is 8.72. The number of thioether (sulfide) groups is 1. The van der Waals surface area contributed by atoms with Crippen molar-refractivity contribution in [2.45, 2.75) is 13.3 Å². The van der Waals surface area contributed by atoms with E-state index in [1.165, 1.54) is 17.3 Å². The number of aliphatic imine (C=N–C) groups is 1. The number of hydrogen-bond acceptors (Lipinski definition) is 6. The van der Waals surface area contributed by atoms with Crippen molar-refractivity contribution in [1.82, 2.24) is 9.80 Å². The van der Waals surface area contributed by atoms with Crippen molar-refractivity contribution in [3.05, 3.63) is 64.6 Å². The Kier molecular flexibility index (Phi) is 7.47. The highest BCUT2D eigenvalue weighted by molar-refractivity contribution is 8.18. The van der Waals surface area contributed by atoms with Crippen molar-refractivity contribution in [2.24, 2.45) is 4.99 Å². The third-order valence-electron chi connectivity index (χ3n) is 5.49.